The molecule has 1 aliphatic carbocycles. The van der Waals surface area contributed by atoms with Crippen LogP contribution in [0.2, 0.25) is 0 Å². The highest BCUT2D eigenvalue weighted by atomic mass is 35.5. The predicted octanol–water partition coefficient (Wildman–Crippen LogP) is 3.11. The van der Waals surface area contributed by atoms with E-state index in [-0.39, 0.29) is 5.78 Å². The highest BCUT2D eigenvalue weighted by molar-refractivity contribution is 6.49. The van der Waals surface area contributed by atoms with Crippen molar-refractivity contribution in [1.82, 2.24) is 0 Å². The fourth-order valence-electron chi connectivity index (χ4n) is 3.18. The summed E-state index contributed by atoms with van der Waals surface area (Å²) in [7, 11) is 0. The summed E-state index contributed by atoms with van der Waals surface area (Å²) in [4.78, 5) is 23.6. The number of halogens is 1. The van der Waals surface area contributed by atoms with Crippen LogP contribution in [0.4, 0.5) is 0 Å². The first-order chi connectivity index (χ1) is 10.9. The molecule has 1 aliphatic heterocycles. The summed E-state index contributed by atoms with van der Waals surface area (Å²) in [5.41, 5.74) is 0.920. The first-order valence-corrected chi connectivity index (χ1v) is 7.78. The van der Waals surface area contributed by atoms with Crippen LogP contribution in [0.15, 0.2) is 48.1 Å². The molecule has 1 aromatic rings. The Bertz CT molecular complexity index is 707. The monoisotopic (exact) mass is 332 g/mol. The number of ether oxygens (including phenoxy) is 2. The number of benzene rings is 1. The SMILES string of the molecule is CC(=O)O[C@@H]1C(=O)C=C[C@@]2(C)OC/C(=C(\Cl)c3ccccc3)[C@@H]12. The molecule has 3 atom stereocenters. The Balaban J connectivity index is 2.08. The molecule has 0 N–H and O–H groups in total. The van der Waals surface area contributed by atoms with Crippen molar-refractivity contribution in [2.75, 3.05) is 6.61 Å². The van der Waals surface area contributed by atoms with Gasteiger partial charge in [0.1, 0.15) is 0 Å². The molecule has 1 saturated heterocycles. The number of ketones is 1. The molecule has 1 aromatic carbocycles. The van der Waals surface area contributed by atoms with E-state index in [2.05, 4.69) is 0 Å². The zero-order valence-corrected chi connectivity index (χ0v) is 13.7. The maximum absolute atomic E-state index is 12.2. The largest absolute Gasteiger partial charge is 0.453 e. The van der Waals surface area contributed by atoms with E-state index in [4.69, 9.17) is 21.1 Å². The molecule has 0 amide bonds. The highest BCUT2D eigenvalue weighted by Crippen LogP contribution is 2.46. The van der Waals surface area contributed by atoms with Crippen LogP contribution in [-0.2, 0) is 19.1 Å². The minimum Gasteiger partial charge on any atom is -0.453 e. The maximum atomic E-state index is 12.2. The van der Waals surface area contributed by atoms with Crippen LogP contribution in [0.1, 0.15) is 19.4 Å². The molecule has 0 bridgehead atoms. The molecule has 3 rings (SSSR count). The van der Waals surface area contributed by atoms with Crippen molar-refractivity contribution in [2.45, 2.75) is 25.6 Å². The summed E-state index contributed by atoms with van der Waals surface area (Å²) in [6.07, 6.45) is 2.24. The Labute approximate surface area is 139 Å². The molecular weight excluding hydrogens is 316 g/mol. The molecule has 0 aromatic heterocycles. The quantitative estimate of drug-likeness (QED) is 0.781. The number of fused-ring (bicyclic) bond motifs is 1. The van der Waals surface area contributed by atoms with Crippen LogP contribution < -0.4 is 0 Å². The van der Waals surface area contributed by atoms with Crippen LogP contribution in [0.25, 0.3) is 5.03 Å². The summed E-state index contributed by atoms with van der Waals surface area (Å²) >= 11 is 6.57. The summed E-state index contributed by atoms with van der Waals surface area (Å²) in [5.74, 6) is -1.16. The first-order valence-electron chi connectivity index (χ1n) is 7.40. The highest BCUT2D eigenvalue weighted by Gasteiger charge is 2.52. The molecule has 4 nitrogen and oxygen atoms in total. The lowest BCUT2D eigenvalue weighted by molar-refractivity contribution is -0.157. The summed E-state index contributed by atoms with van der Waals surface area (Å²) < 4.78 is 11.2. The van der Waals surface area contributed by atoms with Crippen LogP contribution >= 0.6 is 11.6 Å². The molecule has 0 radical (unpaired) electrons. The molecule has 1 fully saturated rings. The zero-order chi connectivity index (χ0) is 16.6. The van der Waals surface area contributed by atoms with E-state index < -0.39 is 23.6 Å². The van der Waals surface area contributed by atoms with Gasteiger partial charge in [0.05, 0.1) is 18.1 Å². The van der Waals surface area contributed by atoms with E-state index in [0.717, 1.165) is 11.1 Å². The molecule has 2 aliphatic rings. The van der Waals surface area contributed by atoms with Gasteiger partial charge in [0.25, 0.3) is 0 Å². The Morgan fingerprint density at radius 1 is 1.35 bits per heavy atom. The van der Waals surface area contributed by atoms with Gasteiger partial charge >= 0.3 is 5.97 Å². The van der Waals surface area contributed by atoms with Gasteiger partial charge in [-0.1, -0.05) is 41.9 Å². The number of hydrogen-bond donors (Lipinski definition) is 0. The Morgan fingerprint density at radius 2 is 2.04 bits per heavy atom. The second-order valence-electron chi connectivity index (χ2n) is 5.92. The second-order valence-corrected chi connectivity index (χ2v) is 6.30. The molecule has 120 valence electrons. The number of rotatable bonds is 2. The van der Waals surface area contributed by atoms with Crippen molar-refractivity contribution in [3.05, 3.63) is 53.6 Å². The predicted molar refractivity (Wildman–Crippen MR) is 86.8 cm³/mol. The number of hydrogen-bond acceptors (Lipinski definition) is 4. The maximum Gasteiger partial charge on any atom is 0.303 e. The average Bonchev–Trinajstić information content (AvgIpc) is 2.88. The summed E-state index contributed by atoms with van der Waals surface area (Å²) in [6.45, 7) is 3.46. The standard InChI is InChI=1S/C18H17ClO4/c1-11(20)23-17-14(21)8-9-18(2)15(17)13(10-22-18)16(19)12-6-4-3-5-7-12/h3-9,15,17H,10H2,1-2H3/b16-13+/t15-,17+,18+/m0/s1. The fourth-order valence-corrected chi connectivity index (χ4v) is 3.47. The topological polar surface area (TPSA) is 52.6 Å². The lowest BCUT2D eigenvalue weighted by Crippen LogP contribution is -2.47. The van der Waals surface area contributed by atoms with E-state index in [1.54, 1.807) is 6.08 Å². The van der Waals surface area contributed by atoms with Gasteiger partial charge in [0.15, 0.2) is 11.9 Å². The van der Waals surface area contributed by atoms with Gasteiger partial charge in [0.2, 0.25) is 0 Å². The molecular formula is C18H17ClO4. The van der Waals surface area contributed by atoms with Gasteiger partial charge in [-0.2, -0.15) is 0 Å². The van der Waals surface area contributed by atoms with E-state index in [0.29, 0.717) is 11.6 Å². The fraction of sp³-hybridized carbons (Fsp3) is 0.333. The van der Waals surface area contributed by atoms with Gasteiger partial charge in [-0.3, -0.25) is 9.59 Å². The van der Waals surface area contributed by atoms with Crippen LogP contribution in [0.3, 0.4) is 0 Å². The van der Waals surface area contributed by atoms with Crippen LogP contribution in [0, 0.1) is 5.92 Å². The third kappa shape index (κ3) is 2.84. The van der Waals surface area contributed by atoms with Gasteiger partial charge in [0, 0.05) is 12.0 Å². The average molecular weight is 333 g/mol. The van der Waals surface area contributed by atoms with E-state index in [1.807, 2.05) is 37.3 Å². The number of esters is 1. The van der Waals surface area contributed by atoms with Crippen LogP contribution in [0.5, 0.6) is 0 Å². The lowest BCUT2D eigenvalue weighted by atomic mass is 9.75. The third-order valence-corrected chi connectivity index (χ3v) is 4.76. The smallest absolute Gasteiger partial charge is 0.303 e. The van der Waals surface area contributed by atoms with Crippen molar-refractivity contribution in [2.24, 2.45) is 5.92 Å². The number of carbonyl (C=O) groups is 2. The molecule has 23 heavy (non-hydrogen) atoms. The van der Waals surface area contributed by atoms with Crippen LogP contribution in [-0.4, -0.2) is 30.1 Å². The minimum absolute atomic E-state index is 0.247. The van der Waals surface area contributed by atoms with Gasteiger partial charge in [-0.15, -0.1) is 0 Å². The van der Waals surface area contributed by atoms with E-state index >= 15 is 0 Å². The van der Waals surface area contributed by atoms with Crippen molar-refractivity contribution in [3.8, 4) is 0 Å². The Kier molecular flexibility index (Phi) is 4.13. The number of carbonyl (C=O) groups excluding carboxylic acids is 2. The second kappa shape index (κ2) is 5.95. The molecule has 0 unspecified atom stereocenters. The van der Waals surface area contributed by atoms with Crippen molar-refractivity contribution < 1.29 is 19.1 Å². The summed E-state index contributed by atoms with van der Waals surface area (Å²) in [6, 6.07) is 9.48. The van der Waals surface area contributed by atoms with Crippen molar-refractivity contribution in [3.63, 3.8) is 0 Å². The van der Waals surface area contributed by atoms with Crippen molar-refractivity contribution in [1.29, 1.82) is 0 Å². The normalized spacial score (nSPS) is 31.7. The molecule has 0 spiro atoms. The summed E-state index contributed by atoms with van der Waals surface area (Å²) in [5, 5.41) is 0.541. The minimum atomic E-state index is -0.905. The van der Waals surface area contributed by atoms with Gasteiger partial charge in [-0.25, -0.2) is 0 Å². The van der Waals surface area contributed by atoms with Gasteiger partial charge < -0.3 is 9.47 Å². The zero-order valence-electron chi connectivity index (χ0n) is 12.9. The third-order valence-electron chi connectivity index (χ3n) is 4.30. The van der Waals surface area contributed by atoms with Gasteiger partial charge in [-0.05, 0) is 30.2 Å². The Hall–Kier alpha value is -1.91. The molecule has 5 heteroatoms. The van der Waals surface area contributed by atoms with E-state index in [9.17, 15) is 9.59 Å². The van der Waals surface area contributed by atoms with E-state index in [1.165, 1.54) is 13.0 Å². The Morgan fingerprint density at radius 3 is 2.70 bits per heavy atom. The van der Waals surface area contributed by atoms with Crippen molar-refractivity contribution >= 4 is 28.4 Å². The lowest BCUT2D eigenvalue weighted by Gasteiger charge is -2.35. The molecule has 1 heterocycles. The first kappa shape index (κ1) is 16.0. The molecule has 0 saturated carbocycles.